The predicted octanol–water partition coefficient (Wildman–Crippen LogP) is 2.52. The Morgan fingerprint density at radius 1 is 1.04 bits per heavy atom. The van der Waals surface area contributed by atoms with Crippen LogP contribution in [-0.4, -0.2) is 48.2 Å². The number of phenols is 1. The van der Waals surface area contributed by atoms with Crippen molar-refractivity contribution in [3.63, 3.8) is 0 Å². The Hall–Kier alpha value is -3.29. The molecular formula is C20H22N4O4. The SMILES string of the molecule is O=C(NC1CC1)c1ccc(N2CCN(c3ccc(O)cc3)CC2)c([N+](=O)[O-])c1. The summed E-state index contributed by atoms with van der Waals surface area (Å²) < 4.78 is 0. The van der Waals surface area contributed by atoms with Crippen molar-refractivity contribution in [2.24, 2.45) is 0 Å². The van der Waals surface area contributed by atoms with Crippen LogP contribution in [0.5, 0.6) is 5.75 Å². The average Bonchev–Trinajstić information content (AvgIpc) is 3.52. The maximum atomic E-state index is 12.2. The standard InChI is InChI=1S/C20H22N4O4/c25-17-6-4-16(5-7-17)22-9-11-23(12-10-22)18-8-1-14(13-19(18)24(27)28)20(26)21-15-2-3-15/h1,4-8,13,15,25H,2-3,9-12H2,(H,21,26). The highest BCUT2D eigenvalue weighted by Crippen LogP contribution is 2.31. The fourth-order valence-corrected chi connectivity index (χ4v) is 3.44. The maximum absolute atomic E-state index is 12.2. The molecule has 2 aliphatic rings. The van der Waals surface area contributed by atoms with Crippen LogP contribution in [0, 0.1) is 10.1 Å². The number of benzene rings is 2. The zero-order valence-electron chi connectivity index (χ0n) is 15.4. The number of anilines is 2. The molecule has 2 fully saturated rings. The van der Waals surface area contributed by atoms with E-state index in [4.69, 9.17) is 0 Å². The largest absolute Gasteiger partial charge is 0.508 e. The minimum Gasteiger partial charge on any atom is -0.508 e. The van der Waals surface area contributed by atoms with E-state index in [2.05, 4.69) is 10.2 Å². The van der Waals surface area contributed by atoms with Crippen LogP contribution in [0.15, 0.2) is 42.5 Å². The van der Waals surface area contributed by atoms with E-state index in [9.17, 15) is 20.0 Å². The van der Waals surface area contributed by atoms with Gasteiger partial charge in [-0.1, -0.05) is 0 Å². The minimum atomic E-state index is -0.421. The van der Waals surface area contributed by atoms with Crippen LogP contribution in [0.4, 0.5) is 17.1 Å². The molecule has 0 aromatic heterocycles. The van der Waals surface area contributed by atoms with Gasteiger partial charge in [0.25, 0.3) is 11.6 Å². The number of piperazine rings is 1. The summed E-state index contributed by atoms with van der Waals surface area (Å²) >= 11 is 0. The monoisotopic (exact) mass is 382 g/mol. The third-order valence-corrected chi connectivity index (χ3v) is 5.18. The number of amides is 1. The van der Waals surface area contributed by atoms with Crippen LogP contribution in [0.1, 0.15) is 23.2 Å². The van der Waals surface area contributed by atoms with Crippen molar-refractivity contribution in [1.29, 1.82) is 0 Å². The molecule has 8 heteroatoms. The summed E-state index contributed by atoms with van der Waals surface area (Å²) in [6.07, 6.45) is 1.94. The molecule has 1 heterocycles. The smallest absolute Gasteiger partial charge is 0.293 e. The highest BCUT2D eigenvalue weighted by Gasteiger charge is 2.27. The number of nitrogens with one attached hydrogen (secondary N) is 1. The lowest BCUT2D eigenvalue weighted by Crippen LogP contribution is -2.46. The van der Waals surface area contributed by atoms with Gasteiger partial charge in [-0.15, -0.1) is 0 Å². The summed E-state index contributed by atoms with van der Waals surface area (Å²) in [7, 11) is 0. The number of rotatable bonds is 5. The van der Waals surface area contributed by atoms with E-state index in [1.54, 1.807) is 24.3 Å². The lowest BCUT2D eigenvalue weighted by atomic mass is 10.1. The number of hydrogen-bond donors (Lipinski definition) is 2. The number of phenolic OH excluding ortho intramolecular Hbond substituents is 1. The van der Waals surface area contributed by atoms with Crippen molar-refractivity contribution >= 4 is 23.0 Å². The fourth-order valence-electron chi connectivity index (χ4n) is 3.44. The van der Waals surface area contributed by atoms with E-state index in [0.29, 0.717) is 37.4 Å². The third-order valence-electron chi connectivity index (χ3n) is 5.18. The van der Waals surface area contributed by atoms with Gasteiger partial charge in [0.2, 0.25) is 0 Å². The molecule has 2 aromatic rings. The molecular weight excluding hydrogens is 360 g/mol. The van der Waals surface area contributed by atoms with Crippen LogP contribution in [-0.2, 0) is 0 Å². The van der Waals surface area contributed by atoms with Gasteiger partial charge in [0.15, 0.2) is 0 Å². The maximum Gasteiger partial charge on any atom is 0.293 e. The Kier molecular flexibility index (Phi) is 4.77. The molecule has 1 saturated heterocycles. The van der Waals surface area contributed by atoms with Gasteiger partial charge in [-0.25, -0.2) is 0 Å². The first-order chi connectivity index (χ1) is 13.5. The van der Waals surface area contributed by atoms with Crippen molar-refractivity contribution < 1.29 is 14.8 Å². The molecule has 8 nitrogen and oxygen atoms in total. The molecule has 2 aromatic carbocycles. The highest BCUT2D eigenvalue weighted by molar-refractivity contribution is 5.96. The number of carbonyl (C=O) groups excluding carboxylic acids is 1. The first kappa shape index (κ1) is 18.1. The summed E-state index contributed by atoms with van der Waals surface area (Å²) in [5.74, 6) is -0.0295. The summed E-state index contributed by atoms with van der Waals surface area (Å²) in [5, 5.41) is 23.9. The van der Waals surface area contributed by atoms with Gasteiger partial charge in [-0.3, -0.25) is 14.9 Å². The highest BCUT2D eigenvalue weighted by atomic mass is 16.6. The van der Waals surface area contributed by atoms with Gasteiger partial charge >= 0.3 is 0 Å². The molecule has 0 atom stereocenters. The van der Waals surface area contributed by atoms with Crippen molar-refractivity contribution in [1.82, 2.24) is 5.32 Å². The van der Waals surface area contributed by atoms with Crippen LogP contribution in [0.2, 0.25) is 0 Å². The Labute approximate surface area is 162 Å². The average molecular weight is 382 g/mol. The summed E-state index contributed by atoms with van der Waals surface area (Å²) in [5.41, 5.74) is 1.84. The van der Waals surface area contributed by atoms with Crippen molar-refractivity contribution in [2.75, 3.05) is 36.0 Å². The first-order valence-corrected chi connectivity index (χ1v) is 9.39. The molecule has 4 rings (SSSR count). The number of aromatic hydroxyl groups is 1. The van der Waals surface area contributed by atoms with Crippen molar-refractivity contribution in [3.05, 3.63) is 58.1 Å². The van der Waals surface area contributed by atoms with Crippen LogP contribution in [0.3, 0.4) is 0 Å². The van der Waals surface area contributed by atoms with Crippen LogP contribution >= 0.6 is 0 Å². The zero-order valence-corrected chi connectivity index (χ0v) is 15.4. The zero-order chi connectivity index (χ0) is 19.7. The second kappa shape index (κ2) is 7.38. The summed E-state index contributed by atoms with van der Waals surface area (Å²) in [4.78, 5) is 27.6. The van der Waals surface area contributed by atoms with Crippen LogP contribution in [0.25, 0.3) is 0 Å². The summed E-state index contributed by atoms with van der Waals surface area (Å²) in [6, 6.07) is 11.9. The van der Waals surface area contributed by atoms with E-state index in [1.165, 1.54) is 6.07 Å². The molecule has 146 valence electrons. The molecule has 1 amide bonds. The molecule has 1 aliphatic heterocycles. The Morgan fingerprint density at radius 3 is 2.29 bits per heavy atom. The third kappa shape index (κ3) is 3.85. The number of nitrogens with zero attached hydrogens (tertiary/aromatic N) is 3. The summed E-state index contributed by atoms with van der Waals surface area (Å²) in [6.45, 7) is 2.70. The number of nitro benzene ring substituents is 1. The van der Waals surface area contributed by atoms with E-state index in [-0.39, 0.29) is 23.4 Å². The van der Waals surface area contributed by atoms with E-state index < -0.39 is 4.92 Å². The number of hydrogen-bond acceptors (Lipinski definition) is 6. The lowest BCUT2D eigenvalue weighted by Gasteiger charge is -2.37. The number of nitro groups is 1. The van der Waals surface area contributed by atoms with Crippen molar-refractivity contribution in [2.45, 2.75) is 18.9 Å². The molecule has 0 unspecified atom stereocenters. The molecule has 2 N–H and O–H groups in total. The molecule has 0 radical (unpaired) electrons. The van der Waals surface area contributed by atoms with Gasteiger partial charge in [-0.2, -0.15) is 0 Å². The fraction of sp³-hybridized carbons (Fsp3) is 0.350. The van der Waals surface area contributed by atoms with E-state index >= 15 is 0 Å². The van der Waals surface area contributed by atoms with E-state index in [1.807, 2.05) is 17.0 Å². The van der Waals surface area contributed by atoms with Gasteiger partial charge in [-0.05, 0) is 49.2 Å². The topological polar surface area (TPSA) is 99.0 Å². The molecule has 0 bridgehead atoms. The van der Waals surface area contributed by atoms with Crippen molar-refractivity contribution in [3.8, 4) is 5.75 Å². The molecule has 1 aliphatic carbocycles. The van der Waals surface area contributed by atoms with Crippen LogP contribution < -0.4 is 15.1 Å². The van der Waals surface area contributed by atoms with Gasteiger partial charge in [0.05, 0.1) is 4.92 Å². The van der Waals surface area contributed by atoms with Gasteiger partial charge in [0, 0.05) is 49.5 Å². The number of carbonyl (C=O) groups is 1. The first-order valence-electron chi connectivity index (χ1n) is 9.39. The normalized spacial score (nSPS) is 16.7. The quantitative estimate of drug-likeness (QED) is 0.609. The Morgan fingerprint density at radius 2 is 1.68 bits per heavy atom. The van der Waals surface area contributed by atoms with Gasteiger partial charge in [0.1, 0.15) is 11.4 Å². The molecule has 0 spiro atoms. The van der Waals surface area contributed by atoms with E-state index in [0.717, 1.165) is 18.5 Å². The Balaban J connectivity index is 1.48. The second-order valence-electron chi connectivity index (χ2n) is 7.20. The molecule has 28 heavy (non-hydrogen) atoms. The van der Waals surface area contributed by atoms with Gasteiger partial charge < -0.3 is 20.2 Å². The minimum absolute atomic E-state index is 0.0402. The second-order valence-corrected chi connectivity index (χ2v) is 7.20. The predicted molar refractivity (Wildman–Crippen MR) is 106 cm³/mol. The Bertz CT molecular complexity index is 888. The molecule has 1 saturated carbocycles. The lowest BCUT2D eigenvalue weighted by molar-refractivity contribution is -0.384.